The Kier molecular flexibility index (Phi) is 2.93. The smallest absolute Gasteiger partial charge is 0.181 e. The van der Waals surface area contributed by atoms with Crippen LogP contribution in [0.3, 0.4) is 0 Å². The van der Waals surface area contributed by atoms with Crippen LogP contribution in [0.2, 0.25) is 0 Å². The van der Waals surface area contributed by atoms with E-state index in [9.17, 15) is 0 Å². The Morgan fingerprint density at radius 3 is 3.11 bits per heavy atom. The highest BCUT2D eigenvalue weighted by Crippen LogP contribution is 2.31. The van der Waals surface area contributed by atoms with Gasteiger partial charge in [0.15, 0.2) is 5.65 Å². The van der Waals surface area contributed by atoms with Crippen LogP contribution in [0.1, 0.15) is 30.1 Å². The van der Waals surface area contributed by atoms with Gasteiger partial charge in [0.2, 0.25) is 0 Å². The maximum atomic E-state index is 8.97. The van der Waals surface area contributed by atoms with E-state index in [0.29, 0.717) is 11.2 Å². The molecule has 19 heavy (non-hydrogen) atoms. The van der Waals surface area contributed by atoms with Gasteiger partial charge in [0.05, 0.1) is 17.3 Å². The number of likely N-dealkylation sites (N-methyl/N-ethyl adjacent to an activating group) is 1. The Labute approximate surface area is 111 Å². The summed E-state index contributed by atoms with van der Waals surface area (Å²) in [5.41, 5.74) is 8.24. The van der Waals surface area contributed by atoms with Gasteiger partial charge in [-0.3, -0.25) is 10.00 Å². The highest BCUT2D eigenvalue weighted by molar-refractivity contribution is 5.79. The van der Waals surface area contributed by atoms with E-state index in [1.807, 2.05) is 6.07 Å². The van der Waals surface area contributed by atoms with Crippen LogP contribution in [0, 0.1) is 11.3 Å². The lowest BCUT2D eigenvalue weighted by Crippen LogP contribution is -2.42. The molecule has 0 aromatic carbocycles. The summed E-state index contributed by atoms with van der Waals surface area (Å²) in [7, 11) is 2.07. The number of nitrogens with one attached hydrogen (secondary N) is 1. The van der Waals surface area contributed by atoms with E-state index in [1.165, 1.54) is 0 Å². The highest BCUT2D eigenvalue weighted by Gasteiger charge is 2.27. The molecule has 6 nitrogen and oxygen atoms in total. The number of aromatic amines is 1. The summed E-state index contributed by atoms with van der Waals surface area (Å²) in [6.07, 6.45) is 3.54. The second-order valence-electron chi connectivity index (χ2n) is 5.14. The predicted molar refractivity (Wildman–Crippen MR) is 71.2 cm³/mol. The molecule has 98 valence electrons. The monoisotopic (exact) mass is 256 g/mol. The van der Waals surface area contributed by atoms with Crippen molar-refractivity contribution in [3.8, 4) is 6.07 Å². The molecule has 2 unspecified atom stereocenters. The van der Waals surface area contributed by atoms with Gasteiger partial charge in [0.25, 0.3) is 0 Å². The van der Waals surface area contributed by atoms with Crippen molar-refractivity contribution in [1.82, 2.24) is 20.1 Å². The van der Waals surface area contributed by atoms with Gasteiger partial charge in [-0.1, -0.05) is 0 Å². The lowest BCUT2D eigenvalue weighted by molar-refractivity contribution is 0.167. The zero-order valence-electron chi connectivity index (χ0n) is 10.8. The second-order valence-corrected chi connectivity index (χ2v) is 5.14. The fourth-order valence-electron chi connectivity index (χ4n) is 2.78. The first kappa shape index (κ1) is 12.1. The van der Waals surface area contributed by atoms with Crippen LogP contribution in [0.15, 0.2) is 12.3 Å². The number of nitriles is 1. The van der Waals surface area contributed by atoms with E-state index in [2.05, 4.69) is 33.2 Å². The number of nitrogens with two attached hydrogens (primary N) is 1. The van der Waals surface area contributed by atoms with Crippen molar-refractivity contribution >= 4 is 11.0 Å². The molecule has 3 heterocycles. The van der Waals surface area contributed by atoms with E-state index in [-0.39, 0.29) is 12.1 Å². The average molecular weight is 256 g/mol. The van der Waals surface area contributed by atoms with E-state index in [0.717, 1.165) is 30.5 Å². The molecule has 0 spiro atoms. The van der Waals surface area contributed by atoms with Crippen molar-refractivity contribution < 1.29 is 0 Å². The largest absolute Gasteiger partial charge is 0.327 e. The van der Waals surface area contributed by atoms with Crippen LogP contribution in [-0.4, -0.2) is 39.7 Å². The number of pyridine rings is 1. The SMILES string of the molecule is CN1CC(N)CCC1c1[nH]nc2ncc(C#N)cc12. The normalized spacial score (nSPS) is 24.5. The van der Waals surface area contributed by atoms with Gasteiger partial charge < -0.3 is 5.73 Å². The lowest BCUT2D eigenvalue weighted by atomic mass is 9.95. The summed E-state index contributed by atoms with van der Waals surface area (Å²) < 4.78 is 0. The van der Waals surface area contributed by atoms with Gasteiger partial charge in [-0.15, -0.1) is 0 Å². The van der Waals surface area contributed by atoms with Gasteiger partial charge in [-0.05, 0) is 26.0 Å². The molecule has 0 radical (unpaired) electrons. The molecule has 1 aliphatic heterocycles. The summed E-state index contributed by atoms with van der Waals surface area (Å²) in [4.78, 5) is 6.44. The molecular weight excluding hydrogens is 240 g/mol. The van der Waals surface area contributed by atoms with Gasteiger partial charge in [0, 0.05) is 24.2 Å². The molecule has 2 aromatic rings. The minimum Gasteiger partial charge on any atom is -0.327 e. The zero-order chi connectivity index (χ0) is 13.4. The average Bonchev–Trinajstić information content (AvgIpc) is 2.81. The van der Waals surface area contributed by atoms with Crippen LogP contribution in [0.5, 0.6) is 0 Å². The third kappa shape index (κ3) is 2.07. The standard InChI is InChI=1S/C13H16N6/c1-19-7-9(15)2-3-11(19)12-10-4-8(5-14)6-16-13(10)18-17-12/h4,6,9,11H,2-3,7,15H2,1H3,(H,16,17,18). The summed E-state index contributed by atoms with van der Waals surface area (Å²) in [6.45, 7) is 0.872. The fraction of sp³-hybridized carbons (Fsp3) is 0.462. The third-order valence-corrected chi connectivity index (χ3v) is 3.77. The van der Waals surface area contributed by atoms with Crippen LogP contribution in [0.4, 0.5) is 0 Å². The molecule has 2 atom stereocenters. The van der Waals surface area contributed by atoms with Crippen molar-refractivity contribution in [2.45, 2.75) is 24.9 Å². The molecule has 0 aliphatic carbocycles. The van der Waals surface area contributed by atoms with E-state index in [4.69, 9.17) is 11.0 Å². The number of H-pyrrole nitrogens is 1. The van der Waals surface area contributed by atoms with Crippen molar-refractivity contribution in [3.63, 3.8) is 0 Å². The first-order valence-electron chi connectivity index (χ1n) is 6.39. The molecule has 6 heteroatoms. The Bertz CT molecular complexity index is 640. The van der Waals surface area contributed by atoms with Crippen molar-refractivity contribution in [2.24, 2.45) is 5.73 Å². The van der Waals surface area contributed by atoms with Gasteiger partial charge >= 0.3 is 0 Å². The van der Waals surface area contributed by atoms with Crippen LogP contribution in [0.25, 0.3) is 11.0 Å². The first-order chi connectivity index (χ1) is 9.19. The molecular formula is C13H16N6. The third-order valence-electron chi connectivity index (χ3n) is 3.77. The number of nitrogens with zero attached hydrogens (tertiary/aromatic N) is 4. The maximum absolute atomic E-state index is 8.97. The van der Waals surface area contributed by atoms with E-state index in [1.54, 1.807) is 6.20 Å². The minimum absolute atomic E-state index is 0.239. The van der Waals surface area contributed by atoms with Gasteiger partial charge in [-0.2, -0.15) is 10.4 Å². The fourth-order valence-corrected chi connectivity index (χ4v) is 2.78. The molecule has 1 fully saturated rings. The molecule has 0 amide bonds. The quantitative estimate of drug-likeness (QED) is 0.791. The number of hydrogen-bond donors (Lipinski definition) is 2. The van der Waals surface area contributed by atoms with Crippen LogP contribution >= 0.6 is 0 Å². The zero-order valence-corrected chi connectivity index (χ0v) is 10.8. The Morgan fingerprint density at radius 2 is 2.37 bits per heavy atom. The highest BCUT2D eigenvalue weighted by atomic mass is 15.2. The van der Waals surface area contributed by atoms with Crippen molar-refractivity contribution in [1.29, 1.82) is 5.26 Å². The van der Waals surface area contributed by atoms with E-state index < -0.39 is 0 Å². The Morgan fingerprint density at radius 1 is 1.53 bits per heavy atom. The summed E-state index contributed by atoms with van der Waals surface area (Å²) in [5, 5.41) is 17.2. The van der Waals surface area contributed by atoms with Gasteiger partial charge in [-0.25, -0.2) is 4.98 Å². The van der Waals surface area contributed by atoms with Crippen LogP contribution in [-0.2, 0) is 0 Å². The van der Waals surface area contributed by atoms with Gasteiger partial charge in [0.1, 0.15) is 6.07 Å². The Balaban J connectivity index is 2.03. The number of hydrogen-bond acceptors (Lipinski definition) is 5. The summed E-state index contributed by atoms with van der Waals surface area (Å²) in [5.74, 6) is 0. The predicted octanol–water partition coefficient (Wildman–Crippen LogP) is 0.924. The molecule has 3 rings (SSSR count). The van der Waals surface area contributed by atoms with Crippen molar-refractivity contribution in [2.75, 3.05) is 13.6 Å². The molecule has 1 saturated heterocycles. The molecule has 2 aromatic heterocycles. The number of rotatable bonds is 1. The summed E-state index contributed by atoms with van der Waals surface area (Å²) >= 11 is 0. The minimum atomic E-state index is 0.239. The first-order valence-corrected chi connectivity index (χ1v) is 6.39. The van der Waals surface area contributed by atoms with Crippen molar-refractivity contribution in [3.05, 3.63) is 23.5 Å². The Hall–Kier alpha value is -1.97. The van der Waals surface area contributed by atoms with Crippen LogP contribution < -0.4 is 5.73 Å². The number of fused-ring (bicyclic) bond motifs is 1. The molecule has 3 N–H and O–H groups in total. The topological polar surface area (TPSA) is 94.6 Å². The molecule has 1 aliphatic rings. The molecule has 0 saturated carbocycles. The lowest BCUT2D eigenvalue weighted by Gasteiger charge is -2.35. The van der Waals surface area contributed by atoms with E-state index >= 15 is 0 Å². The second kappa shape index (κ2) is 4.61. The number of piperidine rings is 1. The summed E-state index contributed by atoms with van der Waals surface area (Å²) in [6, 6.07) is 4.47. The number of aromatic nitrogens is 3. The number of likely N-dealkylation sites (tertiary alicyclic amines) is 1. The maximum Gasteiger partial charge on any atom is 0.181 e. The molecule has 0 bridgehead atoms.